The molecular formula is C14H17NO2. The Morgan fingerprint density at radius 1 is 1.29 bits per heavy atom. The number of nitrogens with zero attached hydrogens (tertiary/aromatic N) is 1. The highest BCUT2D eigenvalue weighted by atomic mass is 16.5. The third-order valence-electron chi connectivity index (χ3n) is 2.47. The molecular weight excluding hydrogens is 214 g/mol. The topological polar surface area (TPSA) is 42.2 Å². The van der Waals surface area contributed by atoms with Crippen LogP contribution in [-0.2, 0) is 6.42 Å². The van der Waals surface area contributed by atoms with Crippen LogP contribution in [0.3, 0.4) is 0 Å². The van der Waals surface area contributed by atoms with E-state index in [1.807, 2.05) is 31.2 Å². The molecule has 3 heteroatoms. The van der Waals surface area contributed by atoms with Crippen molar-refractivity contribution in [2.75, 3.05) is 14.2 Å². The quantitative estimate of drug-likeness (QED) is 0.731. The molecule has 0 amide bonds. The third-order valence-corrected chi connectivity index (χ3v) is 2.47. The van der Waals surface area contributed by atoms with Crippen LogP contribution in [0.15, 0.2) is 29.8 Å². The van der Waals surface area contributed by atoms with Crippen LogP contribution in [0.4, 0.5) is 0 Å². The molecule has 1 aromatic rings. The first-order valence-electron chi connectivity index (χ1n) is 5.44. The summed E-state index contributed by atoms with van der Waals surface area (Å²) in [5, 5.41) is 8.50. The van der Waals surface area contributed by atoms with Gasteiger partial charge in [0.2, 0.25) is 0 Å². The van der Waals surface area contributed by atoms with Crippen LogP contribution < -0.4 is 9.47 Å². The maximum atomic E-state index is 8.50. The molecule has 1 rings (SSSR count). The molecule has 0 atom stereocenters. The van der Waals surface area contributed by atoms with Gasteiger partial charge in [-0.25, -0.2) is 0 Å². The number of allylic oxidation sites excluding steroid dienone is 2. The zero-order valence-electron chi connectivity index (χ0n) is 10.5. The molecule has 0 radical (unpaired) electrons. The number of methoxy groups -OCH3 is 2. The minimum atomic E-state index is 0.457. The molecule has 0 saturated carbocycles. The van der Waals surface area contributed by atoms with Gasteiger partial charge in [-0.15, -0.1) is 0 Å². The fourth-order valence-electron chi connectivity index (χ4n) is 1.60. The molecule has 0 aliphatic rings. The molecule has 17 heavy (non-hydrogen) atoms. The van der Waals surface area contributed by atoms with Crippen molar-refractivity contribution >= 4 is 0 Å². The van der Waals surface area contributed by atoms with Crippen molar-refractivity contribution in [1.82, 2.24) is 0 Å². The summed E-state index contributed by atoms with van der Waals surface area (Å²) in [7, 11) is 3.25. The van der Waals surface area contributed by atoms with Gasteiger partial charge < -0.3 is 9.47 Å². The number of hydrogen-bond donors (Lipinski definition) is 0. The molecule has 3 nitrogen and oxygen atoms in total. The predicted octanol–water partition coefficient (Wildman–Crippen LogP) is 3.11. The van der Waals surface area contributed by atoms with Gasteiger partial charge in [-0.3, -0.25) is 0 Å². The fourth-order valence-corrected chi connectivity index (χ4v) is 1.60. The summed E-state index contributed by atoms with van der Waals surface area (Å²) in [6.45, 7) is 2.02. The smallest absolute Gasteiger partial charge is 0.160 e. The number of rotatable bonds is 5. The third kappa shape index (κ3) is 3.84. The molecule has 0 heterocycles. The van der Waals surface area contributed by atoms with Gasteiger partial charge in [0.05, 0.1) is 26.7 Å². The van der Waals surface area contributed by atoms with E-state index < -0.39 is 0 Å². The van der Waals surface area contributed by atoms with E-state index in [2.05, 4.69) is 6.07 Å². The average Bonchev–Trinajstić information content (AvgIpc) is 2.36. The zero-order valence-corrected chi connectivity index (χ0v) is 10.5. The van der Waals surface area contributed by atoms with Crippen molar-refractivity contribution in [3.63, 3.8) is 0 Å². The molecule has 0 bridgehead atoms. The second-order valence-corrected chi connectivity index (χ2v) is 3.78. The Kier molecular flexibility index (Phi) is 5.09. The maximum absolute atomic E-state index is 8.50. The van der Waals surface area contributed by atoms with E-state index in [9.17, 15) is 0 Å². The number of hydrogen-bond acceptors (Lipinski definition) is 3. The summed E-state index contributed by atoms with van der Waals surface area (Å²) in [6, 6.07) is 7.96. The Morgan fingerprint density at radius 2 is 2.00 bits per heavy atom. The fraction of sp³-hybridized carbons (Fsp3) is 0.357. The highest BCUT2D eigenvalue weighted by Crippen LogP contribution is 2.28. The van der Waals surface area contributed by atoms with Crippen molar-refractivity contribution in [3.05, 3.63) is 35.4 Å². The summed E-state index contributed by atoms with van der Waals surface area (Å²) in [5.41, 5.74) is 2.33. The van der Waals surface area contributed by atoms with Gasteiger partial charge in [-0.2, -0.15) is 5.26 Å². The van der Waals surface area contributed by atoms with E-state index in [1.165, 1.54) is 5.57 Å². The summed E-state index contributed by atoms with van der Waals surface area (Å²) in [4.78, 5) is 0. The van der Waals surface area contributed by atoms with Crippen LogP contribution in [0.2, 0.25) is 0 Å². The van der Waals surface area contributed by atoms with Crippen LogP contribution in [0.25, 0.3) is 0 Å². The Labute approximate surface area is 102 Å². The van der Waals surface area contributed by atoms with Crippen LogP contribution in [-0.4, -0.2) is 14.2 Å². The van der Waals surface area contributed by atoms with E-state index in [-0.39, 0.29) is 0 Å². The maximum Gasteiger partial charge on any atom is 0.160 e. The highest BCUT2D eigenvalue weighted by Gasteiger charge is 2.04. The molecule has 0 spiro atoms. The first kappa shape index (κ1) is 13.1. The number of benzene rings is 1. The van der Waals surface area contributed by atoms with Crippen molar-refractivity contribution in [2.45, 2.75) is 19.8 Å². The Bertz CT molecular complexity index is 444. The summed E-state index contributed by atoms with van der Waals surface area (Å²) < 4.78 is 10.4. The normalized spacial score (nSPS) is 10.8. The van der Waals surface area contributed by atoms with Gasteiger partial charge in [-0.1, -0.05) is 17.7 Å². The monoisotopic (exact) mass is 231 g/mol. The van der Waals surface area contributed by atoms with Gasteiger partial charge in [0.15, 0.2) is 11.5 Å². The lowest BCUT2D eigenvalue weighted by Gasteiger charge is -2.09. The van der Waals surface area contributed by atoms with Gasteiger partial charge in [0, 0.05) is 0 Å². The Morgan fingerprint density at radius 3 is 2.59 bits per heavy atom. The van der Waals surface area contributed by atoms with Crippen LogP contribution in [0, 0.1) is 11.3 Å². The standard InChI is InChI=1S/C14H17NO2/c1-11(5-4-8-15)9-12-6-7-13(16-2)14(10-12)17-3/h5-7,10H,4,9H2,1-3H3. The predicted molar refractivity (Wildman–Crippen MR) is 67.2 cm³/mol. The van der Waals surface area contributed by atoms with Gasteiger partial charge >= 0.3 is 0 Å². The van der Waals surface area contributed by atoms with Crippen molar-refractivity contribution in [1.29, 1.82) is 5.26 Å². The van der Waals surface area contributed by atoms with Crippen molar-refractivity contribution in [3.8, 4) is 17.6 Å². The molecule has 0 aromatic heterocycles. The van der Waals surface area contributed by atoms with Crippen molar-refractivity contribution in [2.24, 2.45) is 0 Å². The first-order valence-corrected chi connectivity index (χ1v) is 5.44. The molecule has 90 valence electrons. The zero-order chi connectivity index (χ0) is 12.7. The lowest BCUT2D eigenvalue weighted by molar-refractivity contribution is 0.354. The summed E-state index contributed by atoms with van der Waals surface area (Å²) in [6.07, 6.45) is 3.22. The SMILES string of the molecule is COc1ccc(CC(C)=CCC#N)cc1OC. The minimum Gasteiger partial charge on any atom is -0.493 e. The van der Waals surface area contributed by atoms with Gasteiger partial charge in [0.25, 0.3) is 0 Å². The molecule has 0 N–H and O–H groups in total. The van der Waals surface area contributed by atoms with Crippen LogP contribution in [0.5, 0.6) is 11.5 Å². The summed E-state index contributed by atoms with van der Waals surface area (Å²) >= 11 is 0. The van der Waals surface area contributed by atoms with Gasteiger partial charge in [0.1, 0.15) is 0 Å². The first-order chi connectivity index (χ1) is 8.21. The number of ether oxygens (including phenoxy) is 2. The van der Waals surface area contributed by atoms with Gasteiger partial charge in [-0.05, 0) is 31.0 Å². The second-order valence-electron chi connectivity index (χ2n) is 3.78. The molecule has 0 aliphatic heterocycles. The van der Waals surface area contributed by atoms with Crippen LogP contribution in [0.1, 0.15) is 18.9 Å². The van der Waals surface area contributed by atoms with E-state index in [0.29, 0.717) is 6.42 Å². The largest absolute Gasteiger partial charge is 0.493 e. The number of nitriles is 1. The Hall–Kier alpha value is -1.95. The minimum absolute atomic E-state index is 0.457. The molecule has 0 unspecified atom stereocenters. The van der Waals surface area contributed by atoms with E-state index in [0.717, 1.165) is 23.5 Å². The van der Waals surface area contributed by atoms with E-state index in [1.54, 1.807) is 14.2 Å². The highest BCUT2D eigenvalue weighted by molar-refractivity contribution is 5.43. The molecule has 0 aliphatic carbocycles. The molecule has 1 aromatic carbocycles. The lowest BCUT2D eigenvalue weighted by atomic mass is 10.1. The average molecular weight is 231 g/mol. The summed E-state index contributed by atoms with van der Waals surface area (Å²) in [5.74, 6) is 1.47. The van der Waals surface area contributed by atoms with Crippen molar-refractivity contribution < 1.29 is 9.47 Å². The molecule has 0 saturated heterocycles. The second kappa shape index (κ2) is 6.59. The molecule has 0 fully saturated rings. The lowest BCUT2D eigenvalue weighted by Crippen LogP contribution is -1.93. The van der Waals surface area contributed by atoms with Crippen LogP contribution >= 0.6 is 0 Å². The Balaban J connectivity index is 2.83. The van der Waals surface area contributed by atoms with E-state index in [4.69, 9.17) is 14.7 Å². The van der Waals surface area contributed by atoms with E-state index >= 15 is 0 Å².